The Morgan fingerprint density at radius 3 is 2.95 bits per heavy atom. The van der Waals surface area contributed by atoms with Crippen molar-refractivity contribution in [3.63, 3.8) is 0 Å². The summed E-state index contributed by atoms with van der Waals surface area (Å²) in [6, 6.07) is 0. The maximum absolute atomic E-state index is 4.73. The van der Waals surface area contributed by atoms with Gasteiger partial charge in [0.2, 0.25) is 0 Å². The molecule has 0 amide bonds. The van der Waals surface area contributed by atoms with Gasteiger partial charge < -0.3 is 5.32 Å². The average molecular weight is 304 g/mol. The van der Waals surface area contributed by atoms with Crippen molar-refractivity contribution in [2.24, 2.45) is 7.05 Å². The normalized spacial score (nSPS) is 16.4. The van der Waals surface area contributed by atoms with Crippen LogP contribution in [-0.2, 0) is 20.0 Å². The molecule has 1 aliphatic carbocycles. The number of aromatic nitrogens is 3. The summed E-state index contributed by atoms with van der Waals surface area (Å²) in [6.07, 6.45) is 9.91. The molecule has 114 valence electrons. The van der Waals surface area contributed by atoms with Crippen molar-refractivity contribution in [3.05, 3.63) is 34.0 Å². The molecule has 0 unspecified atom stereocenters. The van der Waals surface area contributed by atoms with Gasteiger partial charge in [0.05, 0.1) is 16.9 Å². The lowest BCUT2D eigenvalue weighted by Gasteiger charge is -2.21. The first-order valence-electron chi connectivity index (χ1n) is 7.93. The van der Waals surface area contributed by atoms with Gasteiger partial charge in [-0.1, -0.05) is 19.3 Å². The van der Waals surface area contributed by atoms with E-state index in [0.717, 1.165) is 19.5 Å². The molecule has 4 nitrogen and oxygen atoms in total. The molecule has 0 spiro atoms. The fraction of sp³-hybridized carbons (Fsp3) is 0.625. The van der Waals surface area contributed by atoms with Gasteiger partial charge in [-0.3, -0.25) is 4.68 Å². The van der Waals surface area contributed by atoms with E-state index < -0.39 is 0 Å². The molecule has 2 heterocycles. The third-order valence-corrected chi connectivity index (χ3v) is 4.92. The molecule has 0 aliphatic heterocycles. The van der Waals surface area contributed by atoms with E-state index in [9.17, 15) is 0 Å². The second kappa shape index (κ2) is 7.18. The zero-order chi connectivity index (χ0) is 14.5. The zero-order valence-corrected chi connectivity index (χ0v) is 13.5. The van der Waals surface area contributed by atoms with Crippen LogP contribution >= 0.6 is 11.3 Å². The summed E-state index contributed by atoms with van der Waals surface area (Å²) >= 11 is 1.67. The van der Waals surface area contributed by atoms with Crippen LogP contribution in [0.5, 0.6) is 0 Å². The number of rotatable bonds is 6. The Balaban J connectivity index is 1.54. The summed E-state index contributed by atoms with van der Waals surface area (Å²) in [5.74, 6) is 0.676. The van der Waals surface area contributed by atoms with Crippen molar-refractivity contribution in [2.45, 2.75) is 51.0 Å². The lowest BCUT2D eigenvalue weighted by molar-refractivity contribution is 0.431. The molecule has 1 saturated carbocycles. The van der Waals surface area contributed by atoms with Gasteiger partial charge in [0, 0.05) is 49.6 Å². The van der Waals surface area contributed by atoms with Gasteiger partial charge in [0.1, 0.15) is 0 Å². The van der Waals surface area contributed by atoms with Crippen LogP contribution in [0.4, 0.5) is 0 Å². The number of aryl methyl sites for hydroxylation is 1. The largest absolute Gasteiger partial charge is 0.312 e. The monoisotopic (exact) mass is 304 g/mol. The van der Waals surface area contributed by atoms with E-state index in [2.05, 4.69) is 21.9 Å². The molecule has 0 atom stereocenters. The summed E-state index contributed by atoms with van der Waals surface area (Å²) < 4.78 is 1.97. The summed E-state index contributed by atoms with van der Waals surface area (Å²) in [5.41, 5.74) is 5.80. The molecule has 0 radical (unpaired) electrons. The molecule has 0 bridgehead atoms. The summed E-state index contributed by atoms with van der Waals surface area (Å²) in [5, 5.41) is 10.4. The van der Waals surface area contributed by atoms with Crippen molar-refractivity contribution >= 4 is 11.3 Å². The van der Waals surface area contributed by atoms with Gasteiger partial charge >= 0.3 is 0 Å². The van der Waals surface area contributed by atoms with E-state index in [1.807, 2.05) is 17.2 Å². The lowest BCUT2D eigenvalue weighted by Crippen LogP contribution is -2.18. The first kappa shape index (κ1) is 14.7. The Morgan fingerprint density at radius 2 is 2.19 bits per heavy atom. The van der Waals surface area contributed by atoms with Gasteiger partial charge in [-0.15, -0.1) is 11.3 Å². The van der Waals surface area contributed by atoms with Crippen LogP contribution in [0, 0.1) is 0 Å². The Hall–Kier alpha value is -1.20. The third kappa shape index (κ3) is 3.92. The Morgan fingerprint density at radius 1 is 1.33 bits per heavy atom. The van der Waals surface area contributed by atoms with E-state index in [4.69, 9.17) is 5.10 Å². The van der Waals surface area contributed by atoms with Crippen molar-refractivity contribution in [3.8, 4) is 0 Å². The molecule has 1 aliphatic rings. The smallest absolute Gasteiger partial charge is 0.0794 e. The highest BCUT2D eigenvalue weighted by Gasteiger charge is 2.21. The Kier molecular flexibility index (Phi) is 5.04. The lowest BCUT2D eigenvalue weighted by atomic mass is 9.85. The molecule has 1 N–H and O–H groups in total. The maximum atomic E-state index is 4.73. The van der Waals surface area contributed by atoms with Crippen molar-refractivity contribution in [2.75, 3.05) is 6.54 Å². The summed E-state index contributed by atoms with van der Waals surface area (Å²) in [4.78, 5) is 4.32. The van der Waals surface area contributed by atoms with Gasteiger partial charge in [-0.05, 0) is 12.8 Å². The SMILES string of the molecule is Cn1cc(CNCCc2cscn2)c(C2CCCCC2)n1. The first-order chi connectivity index (χ1) is 10.3. The zero-order valence-electron chi connectivity index (χ0n) is 12.7. The van der Waals surface area contributed by atoms with Crippen LogP contribution in [0.1, 0.15) is 55.0 Å². The minimum absolute atomic E-state index is 0.676. The number of thiazole rings is 1. The maximum Gasteiger partial charge on any atom is 0.0794 e. The van der Waals surface area contributed by atoms with E-state index in [1.54, 1.807) is 11.3 Å². The highest BCUT2D eigenvalue weighted by atomic mass is 32.1. The van der Waals surface area contributed by atoms with Crippen molar-refractivity contribution < 1.29 is 0 Å². The van der Waals surface area contributed by atoms with Crippen molar-refractivity contribution in [1.82, 2.24) is 20.1 Å². The Labute approximate surface area is 130 Å². The number of nitrogens with zero attached hydrogens (tertiary/aromatic N) is 3. The molecule has 21 heavy (non-hydrogen) atoms. The van der Waals surface area contributed by atoms with Crippen LogP contribution in [0.3, 0.4) is 0 Å². The topological polar surface area (TPSA) is 42.7 Å². The highest BCUT2D eigenvalue weighted by molar-refractivity contribution is 7.07. The van der Waals surface area contributed by atoms with Gasteiger partial charge in [0.25, 0.3) is 0 Å². The quantitative estimate of drug-likeness (QED) is 0.833. The number of hydrogen-bond acceptors (Lipinski definition) is 4. The standard InChI is InChI=1S/C16H24N4S/c1-20-10-14(9-17-8-7-15-11-21-12-18-15)16(19-20)13-5-3-2-4-6-13/h10-13,17H,2-9H2,1H3. The number of nitrogens with one attached hydrogen (secondary N) is 1. The summed E-state index contributed by atoms with van der Waals surface area (Å²) in [6.45, 7) is 1.90. The molecule has 0 aromatic carbocycles. The predicted octanol–water partition coefficient (Wildman–Crippen LogP) is 3.26. The molecular formula is C16H24N4S. The molecule has 1 fully saturated rings. The van der Waals surface area contributed by atoms with Crippen molar-refractivity contribution in [1.29, 1.82) is 0 Å². The fourth-order valence-corrected chi connectivity index (χ4v) is 3.80. The molecular weight excluding hydrogens is 280 g/mol. The molecule has 3 rings (SSSR count). The minimum Gasteiger partial charge on any atom is -0.312 e. The van der Waals surface area contributed by atoms with Gasteiger partial charge in [-0.2, -0.15) is 5.10 Å². The van der Waals surface area contributed by atoms with Gasteiger partial charge in [0.15, 0.2) is 0 Å². The third-order valence-electron chi connectivity index (χ3n) is 4.29. The Bertz CT molecular complexity index is 541. The van der Waals surface area contributed by atoms with Crippen LogP contribution < -0.4 is 5.32 Å². The predicted molar refractivity (Wildman–Crippen MR) is 86.6 cm³/mol. The molecule has 2 aromatic heterocycles. The second-order valence-corrected chi connectivity index (χ2v) is 6.67. The highest BCUT2D eigenvalue weighted by Crippen LogP contribution is 2.33. The molecule has 5 heteroatoms. The minimum atomic E-state index is 0.676. The van der Waals surface area contributed by atoms with Crippen LogP contribution in [0.15, 0.2) is 17.1 Å². The van der Waals surface area contributed by atoms with E-state index in [1.165, 1.54) is 49.1 Å². The van der Waals surface area contributed by atoms with Gasteiger partial charge in [-0.25, -0.2) is 4.98 Å². The second-order valence-electron chi connectivity index (χ2n) is 5.95. The number of hydrogen-bond donors (Lipinski definition) is 1. The average Bonchev–Trinajstić information content (AvgIpc) is 3.14. The molecule has 2 aromatic rings. The van der Waals surface area contributed by atoms with Crippen LogP contribution in [0.25, 0.3) is 0 Å². The van der Waals surface area contributed by atoms with Crippen LogP contribution in [0.2, 0.25) is 0 Å². The van der Waals surface area contributed by atoms with E-state index >= 15 is 0 Å². The first-order valence-corrected chi connectivity index (χ1v) is 8.87. The fourth-order valence-electron chi connectivity index (χ4n) is 3.21. The van der Waals surface area contributed by atoms with E-state index in [-0.39, 0.29) is 0 Å². The molecule has 0 saturated heterocycles. The summed E-state index contributed by atoms with van der Waals surface area (Å²) in [7, 11) is 2.03. The van der Waals surface area contributed by atoms with Crippen LogP contribution in [-0.4, -0.2) is 21.3 Å². The van der Waals surface area contributed by atoms with E-state index in [0.29, 0.717) is 5.92 Å².